The molecular weight excluding hydrogens is 286 g/mol. The van der Waals surface area contributed by atoms with Crippen molar-refractivity contribution in [3.8, 4) is 0 Å². The van der Waals surface area contributed by atoms with Gasteiger partial charge in [-0.15, -0.1) is 0 Å². The van der Waals surface area contributed by atoms with Gasteiger partial charge >= 0.3 is 6.18 Å². The predicted octanol–water partition coefficient (Wildman–Crippen LogP) is 3.73. The van der Waals surface area contributed by atoms with Crippen LogP contribution in [-0.2, 0) is 12.7 Å². The van der Waals surface area contributed by atoms with E-state index in [1.54, 1.807) is 6.92 Å². The van der Waals surface area contributed by atoms with Crippen LogP contribution in [0.15, 0.2) is 18.2 Å². The third-order valence-corrected chi connectivity index (χ3v) is 3.14. The summed E-state index contributed by atoms with van der Waals surface area (Å²) in [5.41, 5.74) is -1.10. The van der Waals surface area contributed by atoms with Crippen LogP contribution >= 0.6 is 0 Å². The average Bonchev–Trinajstić information content (AvgIpc) is 2.28. The Morgan fingerprint density at radius 2 is 1.86 bits per heavy atom. The molecule has 1 rings (SSSR count). The summed E-state index contributed by atoms with van der Waals surface area (Å²) in [4.78, 5) is 0. The Kier molecular flexibility index (Phi) is 5.75. The monoisotopic (exact) mass is 307 g/mol. The van der Waals surface area contributed by atoms with E-state index in [0.29, 0.717) is 13.0 Å². The lowest BCUT2D eigenvalue weighted by Crippen LogP contribution is -2.32. The SMILES string of the molecule is CC(O)CC(C)(C)CNCc1cc(C(F)(F)F)ccc1F. The number of hydrogen-bond donors (Lipinski definition) is 2. The summed E-state index contributed by atoms with van der Waals surface area (Å²) in [6.45, 7) is 6.01. The van der Waals surface area contributed by atoms with Gasteiger partial charge in [0.2, 0.25) is 0 Å². The minimum Gasteiger partial charge on any atom is -0.393 e. The van der Waals surface area contributed by atoms with Gasteiger partial charge in [-0.25, -0.2) is 4.39 Å². The van der Waals surface area contributed by atoms with Crippen LogP contribution in [0, 0.1) is 11.2 Å². The van der Waals surface area contributed by atoms with Crippen molar-refractivity contribution in [3.63, 3.8) is 0 Å². The molecule has 0 aliphatic carbocycles. The zero-order chi connectivity index (χ0) is 16.3. The second-order valence-corrected chi connectivity index (χ2v) is 6.12. The first-order valence-corrected chi connectivity index (χ1v) is 6.76. The average molecular weight is 307 g/mol. The van der Waals surface area contributed by atoms with Gasteiger partial charge in [-0.05, 0) is 37.0 Å². The van der Waals surface area contributed by atoms with E-state index in [-0.39, 0.29) is 17.5 Å². The number of hydrogen-bond acceptors (Lipinski definition) is 2. The zero-order valence-corrected chi connectivity index (χ0v) is 12.4. The van der Waals surface area contributed by atoms with Crippen LogP contribution in [-0.4, -0.2) is 17.8 Å². The topological polar surface area (TPSA) is 32.3 Å². The maximum Gasteiger partial charge on any atom is 0.416 e. The molecule has 0 bridgehead atoms. The molecular formula is C15H21F4NO. The Morgan fingerprint density at radius 3 is 2.38 bits per heavy atom. The fourth-order valence-corrected chi connectivity index (χ4v) is 2.29. The first kappa shape index (κ1) is 17.9. The minimum atomic E-state index is -4.48. The Morgan fingerprint density at radius 1 is 1.24 bits per heavy atom. The first-order chi connectivity index (χ1) is 9.51. The van der Waals surface area contributed by atoms with Crippen LogP contribution in [0.5, 0.6) is 0 Å². The predicted molar refractivity (Wildman–Crippen MR) is 73.2 cm³/mol. The molecule has 0 fully saturated rings. The minimum absolute atomic E-state index is 0.0129. The Balaban J connectivity index is 2.67. The second-order valence-electron chi connectivity index (χ2n) is 6.12. The first-order valence-electron chi connectivity index (χ1n) is 6.76. The van der Waals surface area contributed by atoms with Gasteiger partial charge in [-0.2, -0.15) is 13.2 Å². The summed E-state index contributed by atoms with van der Waals surface area (Å²) in [7, 11) is 0. The van der Waals surface area contributed by atoms with E-state index < -0.39 is 23.7 Å². The Hall–Kier alpha value is -1.14. The molecule has 0 saturated heterocycles. The van der Waals surface area contributed by atoms with Crippen LogP contribution in [0.2, 0.25) is 0 Å². The lowest BCUT2D eigenvalue weighted by Gasteiger charge is -2.26. The lowest BCUT2D eigenvalue weighted by molar-refractivity contribution is -0.137. The van der Waals surface area contributed by atoms with Crippen molar-refractivity contribution < 1.29 is 22.7 Å². The van der Waals surface area contributed by atoms with E-state index >= 15 is 0 Å². The number of alkyl halides is 3. The number of aliphatic hydroxyl groups is 1. The van der Waals surface area contributed by atoms with Gasteiger partial charge in [0.05, 0.1) is 11.7 Å². The van der Waals surface area contributed by atoms with Crippen molar-refractivity contribution in [2.75, 3.05) is 6.54 Å². The number of nitrogens with one attached hydrogen (secondary N) is 1. The van der Waals surface area contributed by atoms with Crippen LogP contribution < -0.4 is 5.32 Å². The molecule has 0 aliphatic heterocycles. The molecule has 0 aliphatic rings. The van der Waals surface area contributed by atoms with E-state index in [1.165, 1.54) is 0 Å². The highest BCUT2D eigenvalue weighted by atomic mass is 19.4. The maximum atomic E-state index is 13.5. The Bertz CT molecular complexity index is 469. The molecule has 0 aromatic heterocycles. The standard InChI is InChI=1S/C15H21F4NO/c1-10(21)7-14(2,3)9-20-8-11-6-12(15(17,18)19)4-5-13(11)16/h4-6,10,20-21H,7-9H2,1-3H3. The van der Waals surface area contributed by atoms with Crippen molar-refractivity contribution in [2.24, 2.45) is 5.41 Å². The summed E-state index contributed by atoms with van der Waals surface area (Å²) in [6.07, 6.45) is -4.40. The van der Waals surface area contributed by atoms with Gasteiger partial charge in [0.15, 0.2) is 0 Å². The van der Waals surface area contributed by atoms with Gasteiger partial charge in [-0.3, -0.25) is 0 Å². The number of halogens is 4. The number of rotatable bonds is 6. The summed E-state index contributed by atoms with van der Waals surface area (Å²) < 4.78 is 51.3. The molecule has 1 aromatic rings. The van der Waals surface area contributed by atoms with Gasteiger partial charge in [-0.1, -0.05) is 13.8 Å². The largest absolute Gasteiger partial charge is 0.416 e. The fourth-order valence-electron chi connectivity index (χ4n) is 2.29. The molecule has 1 aromatic carbocycles. The van der Waals surface area contributed by atoms with Crippen LogP contribution in [0.4, 0.5) is 17.6 Å². The van der Waals surface area contributed by atoms with Gasteiger partial charge in [0.1, 0.15) is 5.82 Å². The molecule has 0 saturated carbocycles. The molecule has 0 amide bonds. The van der Waals surface area contributed by atoms with E-state index in [4.69, 9.17) is 0 Å². The fraction of sp³-hybridized carbons (Fsp3) is 0.600. The van der Waals surface area contributed by atoms with E-state index in [9.17, 15) is 22.7 Å². The van der Waals surface area contributed by atoms with Crippen LogP contribution in [0.25, 0.3) is 0 Å². The highest BCUT2D eigenvalue weighted by Crippen LogP contribution is 2.30. The van der Waals surface area contributed by atoms with Gasteiger partial charge < -0.3 is 10.4 Å². The quantitative estimate of drug-likeness (QED) is 0.785. The van der Waals surface area contributed by atoms with Crippen molar-refractivity contribution in [3.05, 3.63) is 35.1 Å². The third kappa shape index (κ3) is 6.01. The van der Waals surface area contributed by atoms with Crippen molar-refractivity contribution in [1.29, 1.82) is 0 Å². The smallest absolute Gasteiger partial charge is 0.393 e. The third-order valence-electron chi connectivity index (χ3n) is 3.14. The van der Waals surface area contributed by atoms with E-state index in [2.05, 4.69) is 5.32 Å². The summed E-state index contributed by atoms with van der Waals surface area (Å²) in [5, 5.41) is 12.3. The molecule has 6 heteroatoms. The molecule has 21 heavy (non-hydrogen) atoms. The van der Waals surface area contributed by atoms with E-state index in [0.717, 1.165) is 18.2 Å². The van der Waals surface area contributed by atoms with Crippen molar-refractivity contribution in [1.82, 2.24) is 5.32 Å². The van der Waals surface area contributed by atoms with Crippen LogP contribution in [0.1, 0.15) is 38.3 Å². The van der Waals surface area contributed by atoms with Gasteiger partial charge in [0.25, 0.3) is 0 Å². The molecule has 0 heterocycles. The van der Waals surface area contributed by atoms with Crippen molar-refractivity contribution >= 4 is 0 Å². The zero-order valence-electron chi connectivity index (χ0n) is 12.4. The molecule has 1 atom stereocenters. The molecule has 0 radical (unpaired) electrons. The highest BCUT2D eigenvalue weighted by molar-refractivity contribution is 5.27. The van der Waals surface area contributed by atoms with Crippen LogP contribution in [0.3, 0.4) is 0 Å². The molecule has 2 nitrogen and oxygen atoms in total. The highest BCUT2D eigenvalue weighted by Gasteiger charge is 2.31. The number of benzene rings is 1. The molecule has 1 unspecified atom stereocenters. The second kappa shape index (κ2) is 6.75. The Labute approximate surface area is 122 Å². The van der Waals surface area contributed by atoms with Crippen molar-refractivity contribution in [2.45, 2.75) is 46.0 Å². The normalized spacial score (nSPS) is 14.3. The maximum absolute atomic E-state index is 13.5. The number of aliphatic hydroxyl groups excluding tert-OH is 1. The summed E-state index contributed by atoms with van der Waals surface area (Å²) >= 11 is 0. The van der Waals surface area contributed by atoms with Gasteiger partial charge in [0, 0.05) is 18.7 Å². The lowest BCUT2D eigenvalue weighted by atomic mass is 9.87. The molecule has 2 N–H and O–H groups in total. The summed E-state index contributed by atoms with van der Waals surface area (Å²) in [6, 6.07) is 2.39. The van der Waals surface area contributed by atoms with E-state index in [1.807, 2.05) is 13.8 Å². The summed E-state index contributed by atoms with van der Waals surface area (Å²) in [5.74, 6) is -0.663. The molecule has 0 spiro atoms. The molecule has 120 valence electrons.